The number of nitrogens with one attached hydrogen (secondary N) is 1. The summed E-state index contributed by atoms with van der Waals surface area (Å²) in [4.78, 5) is 16.8. The zero-order valence-corrected chi connectivity index (χ0v) is 13.2. The third-order valence-electron chi connectivity index (χ3n) is 3.58. The van der Waals surface area contributed by atoms with E-state index < -0.39 is 0 Å². The number of carbonyl (C=O) groups is 1. The molecule has 114 valence electrons. The molecule has 1 aromatic carbocycles. The van der Waals surface area contributed by atoms with Crippen molar-refractivity contribution in [1.82, 2.24) is 4.98 Å². The molecule has 4 nitrogen and oxygen atoms in total. The summed E-state index contributed by atoms with van der Waals surface area (Å²) >= 11 is 1.87. The van der Waals surface area contributed by atoms with E-state index in [1.807, 2.05) is 43.0 Å². The van der Waals surface area contributed by atoms with Crippen LogP contribution in [0.3, 0.4) is 0 Å². The maximum absolute atomic E-state index is 12.5. The Labute approximate surface area is 134 Å². The van der Waals surface area contributed by atoms with E-state index in [9.17, 15) is 4.79 Å². The molecule has 0 spiro atoms. The Morgan fingerprint density at radius 2 is 2.18 bits per heavy atom. The number of benzene rings is 1. The lowest BCUT2D eigenvalue weighted by atomic mass is 10.2. The average Bonchev–Trinajstić information content (AvgIpc) is 3.03. The molecule has 1 N–H and O–H groups in total. The van der Waals surface area contributed by atoms with Gasteiger partial charge in [-0.1, -0.05) is 18.2 Å². The van der Waals surface area contributed by atoms with Gasteiger partial charge >= 0.3 is 0 Å². The summed E-state index contributed by atoms with van der Waals surface area (Å²) in [7, 11) is 0. The van der Waals surface area contributed by atoms with Gasteiger partial charge in [-0.25, -0.2) is 4.98 Å². The van der Waals surface area contributed by atoms with Gasteiger partial charge < -0.3 is 10.1 Å². The van der Waals surface area contributed by atoms with Crippen molar-refractivity contribution in [2.24, 2.45) is 0 Å². The molecule has 22 heavy (non-hydrogen) atoms. The lowest BCUT2D eigenvalue weighted by molar-refractivity contribution is 0.101. The SMILES string of the molecule is Cc1ccccc1NC(=O)c1cccnc1OC1CCSC1. The van der Waals surface area contributed by atoms with E-state index in [1.165, 1.54) is 0 Å². The highest BCUT2D eigenvalue weighted by Crippen LogP contribution is 2.25. The zero-order chi connectivity index (χ0) is 15.4. The second kappa shape index (κ2) is 6.83. The number of para-hydroxylation sites is 1. The van der Waals surface area contributed by atoms with Crippen LogP contribution in [-0.2, 0) is 0 Å². The van der Waals surface area contributed by atoms with Crippen molar-refractivity contribution in [1.29, 1.82) is 0 Å². The van der Waals surface area contributed by atoms with Gasteiger partial charge in [0.25, 0.3) is 5.91 Å². The summed E-state index contributed by atoms with van der Waals surface area (Å²) in [5, 5.41) is 2.93. The molecular formula is C17H18N2O2S. The van der Waals surface area contributed by atoms with Crippen LogP contribution < -0.4 is 10.1 Å². The summed E-state index contributed by atoms with van der Waals surface area (Å²) in [6, 6.07) is 11.2. The smallest absolute Gasteiger partial charge is 0.261 e. The van der Waals surface area contributed by atoms with Crippen molar-refractivity contribution in [3.05, 3.63) is 53.7 Å². The Balaban J connectivity index is 1.78. The Kier molecular flexibility index (Phi) is 4.63. The minimum atomic E-state index is -0.192. The number of anilines is 1. The zero-order valence-electron chi connectivity index (χ0n) is 12.4. The molecule has 2 heterocycles. The van der Waals surface area contributed by atoms with Crippen LogP contribution in [0.2, 0.25) is 0 Å². The number of rotatable bonds is 4. The summed E-state index contributed by atoms with van der Waals surface area (Å²) in [6.07, 6.45) is 2.80. The molecule has 1 atom stereocenters. The standard InChI is InChI=1S/C17H18N2O2S/c1-12-5-2-3-7-15(12)19-16(20)14-6-4-9-18-17(14)21-13-8-10-22-11-13/h2-7,9,13H,8,10-11H2,1H3,(H,19,20). The first-order chi connectivity index (χ1) is 10.7. The molecule has 5 heteroatoms. The van der Waals surface area contributed by atoms with Gasteiger partial charge in [0.1, 0.15) is 11.7 Å². The number of aryl methyl sites for hydroxylation is 1. The van der Waals surface area contributed by atoms with E-state index in [0.29, 0.717) is 11.4 Å². The summed E-state index contributed by atoms with van der Waals surface area (Å²) in [6.45, 7) is 1.96. The van der Waals surface area contributed by atoms with Crippen molar-refractivity contribution in [2.45, 2.75) is 19.4 Å². The van der Waals surface area contributed by atoms with Crippen LogP contribution in [-0.4, -0.2) is 28.5 Å². The number of hydrogen-bond acceptors (Lipinski definition) is 4. The minimum absolute atomic E-state index is 0.143. The lowest BCUT2D eigenvalue weighted by Gasteiger charge is -2.15. The normalized spacial score (nSPS) is 17.2. The number of ether oxygens (including phenoxy) is 1. The van der Waals surface area contributed by atoms with Crippen molar-refractivity contribution in [2.75, 3.05) is 16.8 Å². The van der Waals surface area contributed by atoms with Gasteiger partial charge in [-0.2, -0.15) is 11.8 Å². The van der Waals surface area contributed by atoms with Crippen LogP contribution >= 0.6 is 11.8 Å². The summed E-state index contributed by atoms with van der Waals surface area (Å²) < 4.78 is 5.90. The minimum Gasteiger partial charge on any atom is -0.473 e. The number of carbonyl (C=O) groups excluding carboxylic acids is 1. The molecule has 1 aromatic heterocycles. The monoisotopic (exact) mass is 314 g/mol. The Morgan fingerprint density at radius 3 is 2.95 bits per heavy atom. The fourth-order valence-corrected chi connectivity index (χ4v) is 3.42. The number of aromatic nitrogens is 1. The van der Waals surface area contributed by atoms with Crippen LogP contribution in [0.4, 0.5) is 5.69 Å². The number of pyridine rings is 1. The molecule has 0 bridgehead atoms. The van der Waals surface area contributed by atoms with E-state index in [2.05, 4.69) is 10.3 Å². The molecule has 1 aliphatic rings. The van der Waals surface area contributed by atoms with E-state index in [0.717, 1.165) is 29.2 Å². The van der Waals surface area contributed by atoms with E-state index >= 15 is 0 Å². The van der Waals surface area contributed by atoms with Crippen molar-refractivity contribution >= 4 is 23.4 Å². The lowest BCUT2D eigenvalue weighted by Crippen LogP contribution is -2.20. The van der Waals surface area contributed by atoms with Crippen molar-refractivity contribution < 1.29 is 9.53 Å². The second-order valence-corrected chi connectivity index (χ2v) is 6.38. The van der Waals surface area contributed by atoms with Gasteiger partial charge in [0.15, 0.2) is 0 Å². The fourth-order valence-electron chi connectivity index (χ4n) is 2.32. The Hall–Kier alpha value is -2.01. The predicted molar refractivity (Wildman–Crippen MR) is 89.7 cm³/mol. The first-order valence-corrected chi connectivity index (χ1v) is 8.46. The fraction of sp³-hybridized carbons (Fsp3) is 0.294. The molecule has 0 aliphatic carbocycles. The van der Waals surface area contributed by atoms with Crippen molar-refractivity contribution in [3.8, 4) is 5.88 Å². The highest BCUT2D eigenvalue weighted by Gasteiger charge is 2.21. The van der Waals surface area contributed by atoms with Gasteiger partial charge in [-0.3, -0.25) is 4.79 Å². The molecule has 3 rings (SSSR count). The topological polar surface area (TPSA) is 51.2 Å². The summed E-state index contributed by atoms with van der Waals surface area (Å²) in [5.41, 5.74) is 2.30. The maximum Gasteiger partial charge on any atom is 0.261 e. The van der Waals surface area contributed by atoms with Crippen LogP contribution in [0.25, 0.3) is 0 Å². The predicted octanol–water partition coefficient (Wildman–Crippen LogP) is 3.53. The number of thioether (sulfide) groups is 1. The first kappa shape index (κ1) is 14.9. The number of amides is 1. The van der Waals surface area contributed by atoms with E-state index in [1.54, 1.807) is 18.3 Å². The quantitative estimate of drug-likeness (QED) is 0.938. The Morgan fingerprint density at radius 1 is 1.32 bits per heavy atom. The third-order valence-corrected chi connectivity index (χ3v) is 4.71. The molecular weight excluding hydrogens is 296 g/mol. The Bertz CT molecular complexity index is 669. The molecule has 1 unspecified atom stereocenters. The summed E-state index contributed by atoms with van der Waals surface area (Å²) in [5.74, 6) is 2.28. The highest BCUT2D eigenvalue weighted by atomic mass is 32.2. The van der Waals surface area contributed by atoms with Gasteiger partial charge in [-0.05, 0) is 42.9 Å². The van der Waals surface area contributed by atoms with E-state index in [-0.39, 0.29) is 12.0 Å². The molecule has 0 radical (unpaired) electrons. The molecule has 0 saturated carbocycles. The molecule has 1 aliphatic heterocycles. The molecule has 1 amide bonds. The molecule has 1 saturated heterocycles. The van der Waals surface area contributed by atoms with Crippen LogP contribution in [0.15, 0.2) is 42.6 Å². The largest absolute Gasteiger partial charge is 0.473 e. The van der Waals surface area contributed by atoms with Gasteiger partial charge in [0.2, 0.25) is 5.88 Å². The van der Waals surface area contributed by atoms with Crippen molar-refractivity contribution in [3.63, 3.8) is 0 Å². The second-order valence-electron chi connectivity index (χ2n) is 5.23. The van der Waals surface area contributed by atoms with E-state index in [4.69, 9.17) is 4.74 Å². The molecule has 2 aromatic rings. The average molecular weight is 314 g/mol. The van der Waals surface area contributed by atoms with Crippen LogP contribution in [0, 0.1) is 6.92 Å². The van der Waals surface area contributed by atoms with Gasteiger partial charge in [0, 0.05) is 17.6 Å². The van der Waals surface area contributed by atoms with Crippen LogP contribution in [0.1, 0.15) is 22.3 Å². The first-order valence-electron chi connectivity index (χ1n) is 7.30. The van der Waals surface area contributed by atoms with Crippen LogP contribution in [0.5, 0.6) is 5.88 Å². The number of hydrogen-bond donors (Lipinski definition) is 1. The third kappa shape index (κ3) is 3.42. The maximum atomic E-state index is 12.5. The van der Waals surface area contributed by atoms with Gasteiger partial charge in [0.05, 0.1) is 0 Å². The number of nitrogens with zero attached hydrogens (tertiary/aromatic N) is 1. The highest BCUT2D eigenvalue weighted by molar-refractivity contribution is 7.99. The molecule has 1 fully saturated rings. The van der Waals surface area contributed by atoms with Gasteiger partial charge in [-0.15, -0.1) is 0 Å².